The molecule has 3 heteroatoms. The summed E-state index contributed by atoms with van der Waals surface area (Å²) < 4.78 is 12.4. The van der Waals surface area contributed by atoms with E-state index in [0.29, 0.717) is 18.0 Å². The highest BCUT2D eigenvalue weighted by Crippen LogP contribution is 2.44. The summed E-state index contributed by atoms with van der Waals surface area (Å²) in [6.07, 6.45) is 6.25. The molecule has 3 rings (SSSR count). The van der Waals surface area contributed by atoms with E-state index in [1.165, 1.54) is 25.7 Å². The highest BCUT2D eigenvalue weighted by molar-refractivity contribution is 5.06. The Morgan fingerprint density at radius 3 is 2.65 bits per heavy atom. The molecule has 1 aliphatic heterocycles. The van der Waals surface area contributed by atoms with Crippen LogP contribution in [0, 0.1) is 11.8 Å². The lowest BCUT2D eigenvalue weighted by Gasteiger charge is -2.47. The molecule has 17 heavy (non-hydrogen) atoms. The predicted molar refractivity (Wildman–Crippen MR) is 67.8 cm³/mol. The van der Waals surface area contributed by atoms with Gasteiger partial charge in [-0.3, -0.25) is 9.29 Å². The van der Waals surface area contributed by atoms with Crippen LogP contribution in [-0.4, -0.2) is 42.8 Å². The van der Waals surface area contributed by atoms with E-state index in [9.17, 15) is 4.39 Å². The molecule has 2 atom stereocenters. The van der Waals surface area contributed by atoms with Crippen LogP contribution < -0.4 is 5.32 Å². The number of nitrogens with one attached hydrogen (secondary N) is 1. The Balaban J connectivity index is 1.64. The Hall–Kier alpha value is -0.150. The fourth-order valence-electron chi connectivity index (χ4n) is 3.51. The van der Waals surface area contributed by atoms with Gasteiger partial charge in [0, 0.05) is 31.2 Å². The zero-order valence-electron chi connectivity index (χ0n) is 10.9. The van der Waals surface area contributed by atoms with Crippen molar-refractivity contribution >= 4 is 0 Å². The smallest absolute Gasteiger partial charge is 0.0906 e. The van der Waals surface area contributed by atoms with E-state index in [1.54, 1.807) is 0 Å². The van der Waals surface area contributed by atoms with Crippen molar-refractivity contribution in [1.82, 2.24) is 10.2 Å². The monoisotopic (exact) mass is 240 g/mol. The molecule has 2 aliphatic carbocycles. The second-order valence-corrected chi connectivity index (χ2v) is 6.49. The van der Waals surface area contributed by atoms with Gasteiger partial charge in [0.1, 0.15) is 0 Å². The molecular formula is C14H25FN2. The molecule has 0 aromatic heterocycles. The third-order valence-electron chi connectivity index (χ3n) is 4.94. The fourth-order valence-corrected chi connectivity index (χ4v) is 3.51. The average molecular weight is 240 g/mol. The molecule has 1 heterocycles. The van der Waals surface area contributed by atoms with E-state index < -0.39 is 0 Å². The molecule has 2 unspecified atom stereocenters. The van der Waals surface area contributed by atoms with Gasteiger partial charge in [0.2, 0.25) is 0 Å². The van der Waals surface area contributed by atoms with Gasteiger partial charge < -0.3 is 5.32 Å². The summed E-state index contributed by atoms with van der Waals surface area (Å²) in [6, 6.07) is 0.688. The van der Waals surface area contributed by atoms with Crippen molar-refractivity contribution in [3.63, 3.8) is 0 Å². The van der Waals surface area contributed by atoms with E-state index in [2.05, 4.69) is 17.1 Å². The molecule has 0 bridgehead atoms. The van der Waals surface area contributed by atoms with Crippen LogP contribution in [0.15, 0.2) is 0 Å². The fraction of sp³-hybridized carbons (Fsp3) is 1.00. The molecule has 2 saturated carbocycles. The van der Waals surface area contributed by atoms with Gasteiger partial charge in [-0.2, -0.15) is 0 Å². The van der Waals surface area contributed by atoms with Crippen LogP contribution in [0.25, 0.3) is 0 Å². The second-order valence-electron chi connectivity index (χ2n) is 6.49. The lowest BCUT2D eigenvalue weighted by atomic mass is 9.89. The van der Waals surface area contributed by atoms with E-state index >= 15 is 0 Å². The second kappa shape index (κ2) is 4.51. The summed E-state index contributed by atoms with van der Waals surface area (Å²) in [7, 11) is 0. The zero-order valence-corrected chi connectivity index (χ0v) is 10.9. The Labute approximate surface area is 104 Å². The number of rotatable bonds is 5. The predicted octanol–water partition coefficient (Wildman–Crippen LogP) is 2.20. The maximum atomic E-state index is 12.4. The molecule has 0 radical (unpaired) electrons. The lowest BCUT2D eigenvalue weighted by Crippen LogP contribution is -2.64. The number of hydrogen-bond acceptors (Lipinski definition) is 2. The minimum atomic E-state index is -0.165. The summed E-state index contributed by atoms with van der Waals surface area (Å²) >= 11 is 0. The van der Waals surface area contributed by atoms with E-state index in [0.717, 1.165) is 31.5 Å². The van der Waals surface area contributed by atoms with Crippen LogP contribution in [-0.2, 0) is 0 Å². The van der Waals surface area contributed by atoms with Crippen molar-refractivity contribution in [2.45, 2.75) is 50.6 Å². The van der Waals surface area contributed by atoms with Crippen LogP contribution in [0.3, 0.4) is 0 Å². The van der Waals surface area contributed by atoms with Crippen molar-refractivity contribution in [2.24, 2.45) is 11.8 Å². The maximum absolute atomic E-state index is 12.4. The third kappa shape index (κ3) is 2.50. The van der Waals surface area contributed by atoms with E-state index in [1.807, 2.05) is 0 Å². The van der Waals surface area contributed by atoms with Crippen molar-refractivity contribution in [3.8, 4) is 0 Å². The molecule has 0 amide bonds. The lowest BCUT2D eigenvalue weighted by molar-refractivity contribution is 0.0617. The van der Waals surface area contributed by atoms with Crippen LogP contribution >= 0.6 is 0 Å². The van der Waals surface area contributed by atoms with Crippen LogP contribution in [0.4, 0.5) is 4.39 Å². The first-order valence-electron chi connectivity index (χ1n) is 7.28. The summed E-state index contributed by atoms with van der Waals surface area (Å²) in [4.78, 5) is 2.59. The summed E-state index contributed by atoms with van der Waals surface area (Å²) in [5.41, 5.74) is 0.307. The molecule has 1 N–H and O–H groups in total. The SMILES string of the molecule is CC1(C2CC2)CN(CCCF)C(C2CC2)CN1. The van der Waals surface area contributed by atoms with Gasteiger partial charge >= 0.3 is 0 Å². The van der Waals surface area contributed by atoms with Gasteiger partial charge in [0.25, 0.3) is 0 Å². The topological polar surface area (TPSA) is 15.3 Å². The molecule has 98 valence electrons. The summed E-state index contributed by atoms with van der Waals surface area (Å²) in [6.45, 7) is 5.43. The third-order valence-corrected chi connectivity index (χ3v) is 4.94. The zero-order chi connectivity index (χ0) is 11.9. The van der Waals surface area contributed by atoms with Crippen LogP contribution in [0.1, 0.15) is 39.0 Å². The molecule has 0 spiro atoms. The van der Waals surface area contributed by atoms with Gasteiger partial charge in [0.15, 0.2) is 0 Å². The highest BCUT2D eigenvalue weighted by atomic mass is 19.1. The highest BCUT2D eigenvalue weighted by Gasteiger charge is 2.48. The van der Waals surface area contributed by atoms with Crippen LogP contribution in [0.2, 0.25) is 0 Å². The molecular weight excluding hydrogens is 215 g/mol. The number of hydrogen-bond donors (Lipinski definition) is 1. The minimum absolute atomic E-state index is 0.165. The van der Waals surface area contributed by atoms with E-state index in [-0.39, 0.29) is 6.67 Å². The standard InChI is InChI=1S/C14H25FN2/c1-14(12-5-6-12)10-17(8-2-7-15)13(9-16-14)11-3-4-11/h11-13,16H,2-10H2,1H3. The summed E-state index contributed by atoms with van der Waals surface area (Å²) in [5.74, 6) is 1.77. The summed E-state index contributed by atoms with van der Waals surface area (Å²) in [5, 5.41) is 3.80. The van der Waals surface area contributed by atoms with Crippen molar-refractivity contribution in [2.75, 3.05) is 26.3 Å². The molecule has 3 fully saturated rings. The maximum Gasteiger partial charge on any atom is 0.0906 e. The Morgan fingerprint density at radius 1 is 1.29 bits per heavy atom. The number of halogens is 1. The van der Waals surface area contributed by atoms with Gasteiger partial charge in [-0.25, -0.2) is 0 Å². The van der Waals surface area contributed by atoms with Gasteiger partial charge in [-0.1, -0.05) is 0 Å². The van der Waals surface area contributed by atoms with Crippen molar-refractivity contribution < 1.29 is 4.39 Å². The van der Waals surface area contributed by atoms with Gasteiger partial charge in [-0.15, -0.1) is 0 Å². The van der Waals surface area contributed by atoms with E-state index in [4.69, 9.17) is 0 Å². The van der Waals surface area contributed by atoms with Crippen LogP contribution in [0.5, 0.6) is 0 Å². The molecule has 0 aromatic carbocycles. The molecule has 3 aliphatic rings. The first-order valence-corrected chi connectivity index (χ1v) is 7.28. The molecule has 0 aromatic rings. The van der Waals surface area contributed by atoms with Crippen molar-refractivity contribution in [1.29, 1.82) is 0 Å². The normalized spacial score (nSPS) is 39.5. The number of alkyl halides is 1. The Morgan fingerprint density at radius 2 is 2.06 bits per heavy atom. The first kappa shape index (κ1) is 11.9. The van der Waals surface area contributed by atoms with Crippen molar-refractivity contribution in [3.05, 3.63) is 0 Å². The van der Waals surface area contributed by atoms with Gasteiger partial charge in [0.05, 0.1) is 6.67 Å². The largest absolute Gasteiger partial charge is 0.308 e. The number of piperazine rings is 1. The molecule has 2 nitrogen and oxygen atoms in total. The minimum Gasteiger partial charge on any atom is -0.308 e. The van der Waals surface area contributed by atoms with Gasteiger partial charge in [-0.05, 0) is 50.9 Å². The first-order chi connectivity index (χ1) is 8.23. The Kier molecular flexibility index (Phi) is 3.16. The molecule has 1 saturated heterocycles. The quantitative estimate of drug-likeness (QED) is 0.792. The average Bonchev–Trinajstić information content (AvgIpc) is 3.19. The Bertz CT molecular complexity index is 275. The number of nitrogens with zero attached hydrogens (tertiary/aromatic N) is 1.